The zero-order valence-electron chi connectivity index (χ0n) is 9.19. The second-order valence-corrected chi connectivity index (χ2v) is 3.59. The summed E-state index contributed by atoms with van der Waals surface area (Å²) < 4.78 is 0. The average molecular weight is 221 g/mol. The van der Waals surface area contributed by atoms with Gasteiger partial charge in [0.1, 0.15) is 0 Å². The Morgan fingerprint density at radius 1 is 1.25 bits per heavy atom. The largest absolute Gasteiger partial charge is 0.478 e. The Kier molecular flexibility index (Phi) is 4.51. The third-order valence-corrected chi connectivity index (χ3v) is 2.22. The van der Waals surface area contributed by atoms with Gasteiger partial charge in [-0.2, -0.15) is 0 Å². The monoisotopic (exact) mass is 221 g/mol. The van der Waals surface area contributed by atoms with E-state index in [1.807, 2.05) is 0 Å². The number of amides is 1. The van der Waals surface area contributed by atoms with Crippen molar-refractivity contribution in [1.29, 1.82) is 0 Å². The van der Waals surface area contributed by atoms with E-state index in [0.717, 1.165) is 18.4 Å². The Balaban J connectivity index is 2.38. The van der Waals surface area contributed by atoms with E-state index in [-0.39, 0.29) is 5.91 Å². The summed E-state index contributed by atoms with van der Waals surface area (Å²) in [6.45, 7) is 2.14. The Bertz CT molecular complexity index is 370. The average Bonchev–Trinajstić information content (AvgIpc) is 2.25. The molecular formula is C12H15NO3. The minimum Gasteiger partial charge on any atom is -0.478 e. The maximum Gasteiger partial charge on any atom is 0.335 e. The maximum absolute atomic E-state index is 10.6. The van der Waals surface area contributed by atoms with E-state index in [1.54, 1.807) is 24.3 Å². The first-order valence-corrected chi connectivity index (χ1v) is 5.16. The molecule has 1 rings (SSSR count). The summed E-state index contributed by atoms with van der Waals surface area (Å²) in [5.41, 5.74) is 1.38. The van der Waals surface area contributed by atoms with Crippen molar-refractivity contribution in [2.24, 2.45) is 0 Å². The van der Waals surface area contributed by atoms with Crippen molar-refractivity contribution in [3.05, 3.63) is 35.4 Å². The highest BCUT2D eigenvalue weighted by Crippen LogP contribution is 2.06. The zero-order valence-corrected chi connectivity index (χ0v) is 9.19. The van der Waals surface area contributed by atoms with Gasteiger partial charge < -0.3 is 10.4 Å². The molecule has 1 amide bonds. The van der Waals surface area contributed by atoms with Gasteiger partial charge in [-0.1, -0.05) is 12.1 Å². The topological polar surface area (TPSA) is 66.4 Å². The summed E-state index contributed by atoms with van der Waals surface area (Å²) in [5.74, 6) is -0.939. The SMILES string of the molecule is CC(=O)NCCCc1ccc(C(=O)O)cc1. The number of nitrogens with one attached hydrogen (secondary N) is 1. The van der Waals surface area contributed by atoms with E-state index in [1.165, 1.54) is 6.92 Å². The predicted molar refractivity (Wildman–Crippen MR) is 60.4 cm³/mol. The second kappa shape index (κ2) is 5.90. The van der Waals surface area contributed by atoms with Crippen molar-refractivity contribution in [3.63, 3.8) is 0 Å². The summed E-state index contributed by atoms with van der Waals surface area (Å²) in [6, 6.07) is 6.79. The highest BCUT2D eigenvalue weighted by molar-refractivity contribution is 5.87. The summed E-state index contributed by atoms with van der Waals surface area (Å²) in [6.07, 6.45) is 1.69. The highest BCUT2D eigenvalue weighted by atomic mass is 16.4. The van der Waals surface area contributed by atoms with Gasteiger partial charge in [0.05, 0.1) is 5.56 Å². The number of carbonyl (C=O) groups excluding carboxylic acids is 1. The number of hydrogen-bond acceptors (Lipinski definition) is 2. The van der Waals surface area contributed by atoms with Crippen molar-refractivity contribution in [3.8, 4) is 0 Å². The Morgan fingerprint density at radius 2 is 1.88 bits per heavy atom. The van der Waals surface area contributed by atoms with E-state index in [9.17, 15) is 9.59 Å². The molecular weight excluding hydrogens is 206 g/mol. The van der Waals surface area contributed by atoms with Gasteiger partial charge in [-0.25, -0.2) is 4.79 Å². The lowest BCUT2D eigenvalue weighted by Gasteiger charge is -2.03. The summed E-state index contributed by atoms with van der Waals surface area (Å²) in [4.78, 5) is 21.2. The van der Waals surface area contributed by atoms with Crippen LogP contribution in [0.2, 0.25) is 0 Å². The van der Waals surface area contributed by atoms with Crippen LogP contribution in [0.25, 0.3) is 0 Å². The summed E-state index contributed by atoms with van der Waals surface area (Å²) in [5, 5.41) is 11.4. The van der Waals surface area contributed by atoms with Crippen LogP contribution in [0.1, 0.15) is 29.3 Å². The van der Waals surface area contributed by atoms with E-state index in [4.69, 9.17) is 5.11 Å². The number of carboxylic acids is 1. The molecule has 0 aliphatic heterocycles. The lowest BCUT2D eigenvalue weighted by molar-refractivity contribution is -0.118. The first-order valence-electron chi connectivity index (χ1n) is 5.16. The summed E-state index contributed by atoms with van der Waals surface area (Å²) in [7, 11) is 0. The fourth-order valence-corrected chi connectivity index (χ4v) is 1.37. The van der Waals surface area contributed by atoms with Crippen molar-refractivity contribution in [1.82, 2.24) is 5.32 Å². The molecule has 0 aromatic heterocycles. The van der Waals surface area contributed by atoms with E-state index < -0.39 is 5.97 Å². The molecule has 1 aromatic rings. The number of aryl methyl sites for hydroxylation is 1. The minimum atomic E-state index is -0.912. The number of benzene rings is 1. The smallest absolute Gasteiger partial charge is 0.335 e. The zero-order chi connectivity index (χ0) is 12.0. The minimum absolute atomic E-state index is 0.0266. The molecule has 0 spiro atoms. The molecule has 0 radical (unpaired) electrons. The van der Waals surface area contributed by atoms with Crippen molar-refractivity contribution in [2.45, 2.75) is 19.8 Å². The van der Waals surface area contributed by atoms with Crippen LogP contribution in [0.4, 0.5) is 0 Å². The predicted octanol–water partition coefficient (Wildman–Crippen LogP) is 1.45. The summed E-state index contributed by atoms with van der Waals surface area (Å²) >= 11 is 0. The second-order valence-electron chi connectivity index (χ2n) is 3.59. The fraction of sp³-hybridized carbons (Fsp3) is 0.333. The number of aromatic carboxylic acids is 1. The van der Waals surface area contributed by atoms with Gasteiger partial charge in [-0.15, -0.1) is 0 Å². The van der Waals surface area contributed by atoms with Crippen LogP contribution in [0.15, 0.2) is 24.3 Å². The van der Waals surface area contributed by atoms with Crippen LogP contribution in [0.3, 0.4) is 0 Å². The lowest BCUT2D eigenvalue weighted by Crippen LogP contribution is -2.21. The first-order chi connectivity index (χ1) is 7.59. The van der Waals surface area contributed by atoms with Gasteiger partial charge in [0.15, 0.2) is 0 Å². The maximum atomic E-state index is 10.6. The van der Waals surface area contributed by atoms with Crippen LogP contribution in [-0.4, -0.2) is 23.5 Å². The van der Waals surface area contributed by atoms with E-state index in [0.29, 0.717) is 12.1 Å². The van der Waals surface area contributed by atoms with Gasteiger partial charge in [0.25, 0.3) is 0 Å². The van der Waals surface area contributed by atoms with Gasteiger partial charge in [-0.05, 0) is 30.5 Å². The molecule has 0 fully saturated rings. The molecule has 0 saturated heterocycles. The fourth-order valence-electron chi connectivity index (χ4n) is 1.37. The quantitative estimate of drug-likeness (QED) is 0.739. The Hall–Kier alpha value is -1.84. The van der Waals surface area contributed by atoms with Crippen molar-refractivity contribution < 1.29 is 14.7 Å². The molecule has 4 nitrogen and oxygen atoms in total. The third-order valence-electron chi connectivity index (χ3n) is 2.22. The molecule has 0 aliphatic rings. The Labute approximate surface area is 94.3 Å². The van der Waals surface area contributed by atoms with Crippen LogP contribution in [0, 0.1) is 0 Å². The number of rotatable bonds is 5. The molecule has 0 aliphatic carbocycles. The number of carbonyl (C=O) groups is 2. The molecule has 0 unspecified atom stereocenters. The normalized spacial score (nSPS) is 9.81. The first kappa shape index (κ1) is 12.2. The highest BCUT2D eigenvalue weighted by Gasteiger charge is 2.01. The molecule has 0 bridgehead atoms. The van der Waals surface area contributed by atoms with Crippen LogP contribution < -0.4 is 5.32 Å². The van der Waals surface area contributed by atoms with E-state index in [2.05, 4.69) is 5.32 Å². The standard InChI is InChI=1S/C12H15NO3/c1-9(14)13-8-2-3-10-4-6-11(7-5-10)12(15)16/h4-7H,2-3,8H2,1H3,(H,13,14)(H,15,16). The van der Waals surface area contributed by atoms with Gasteiger partial charge in [-0.3, -0.25) is 4.79 Å². The van der Waals surface area contributed by atoms with Gasteiger partial charge in [0.2, 0.25) is 5.91 Å². The van der Waals surface area contributed by atoms with Crippen LogP contribution in [-0.2, 0) is 11.2 Å². The molecule has 2 N–H and O–H groups in total. The molecule has 4 heteroatoms. The van der Waals surface area contributed by atoms with Crippen molar-refractivity contribution in [2.75, 3.05) is 6.54 Å². The van der Waals surface area contributed by atoms with Crippen LogP contribution in [0.5, 0.6) is 0 Å². The van der Waals surface area contributed by atoms with Gasteiger partial charge >= 0.3 is 5.97 Å². The van der Waals surface area contributed by atoms with Gasteiger partial charge in [0, 0.05) is 13.5 Å². The van der Waals surface area contributed by atoms with Crippen molar-refractivity contribution >= 4 is 11.9 Å². The molecule has 0 saturated carbocycles. The molecule has 16 heavy (non-hydrogen) atoms. The molecule has 86 valence electrons. The number of carboxylic acid groups (broad SMARTS) is 1. The lowest BCUT2D eigenvalue weighted by atomic mass is 10.1. The van der Waals surface area contributed by atoms with E-state index >= 15 is 0 Å². The molecule has 1 aromatic carbocycles. The molecule has 0 atom stereocenters. The van der Waals surface area contributed by atoms with Crippen LogP contribution >= 0.6 is 0 Å². The Morgan fingerprint density at radius 3 is 2.38 bits per heavy atom. The third kappa shape index (κ3) is 4.13. The number of hydrogen-bond donors (Lipinski definition) is 2. The molecule has 0 heterocycles.